The fourth-order valence-electron chi connectivity index (χ4n) is 1.53. The molecule has 0 saturated heterocycles. The molecule has 1 aromatic rings. The van der Waals surface area contributed by atoms with Gasteiger partial charge in [-0.05, 0) is 30.9 Å². The number of ether oxygens (including phenoxy) is 1. The van der Waals surface area contributed by atoms with Crippen LogP contribution >= 0.6 is 0 Å². The second-order valence-electron chi connectivity index (χ2n) is 3.76. The number of hydrogen-bond donors (Lipinski definition) is 1. The first-order valence-electron chi connectivity index (χ1n) is 5.08. The Labute approximate surface area is 87.9 Å². The Morgan fingerprint density at radius 3 is 3.00 bits per heavy atom. The monoisotopic (exact) mass is 207 g/mol. The van der Waals surface area contributed by atoms with Crippen LogP contribution in [0.15, 0.2) is 18.3 Å². The molecule has 1 aliphatic carbocycles. The van der Waals surface area contributed by atoms with Crippen LogP contribution in [-0.4, -0.2) is 22.7 Å². The molecule has 1 saturated carbocycles. The first-order chi connectivity index (χ1) is 7.27. The molecule has 0 radical (unpaired) electrons. The molecular formula is C11H13NO3. The van der Waals surface area contributed by atoms with Crippen molar-refractivity contribution in [3.05, 3.63) is 24.0 Å². The molecule has 0 atom stereocenters. The van der Waals surface area contributed by atoms with Crippen molar-refractivity contribution in [2.45, 2.75) is 19.3 Å². The summed E-state index contributed by atoms with van der Waals surface area (Å²) >= 11 is 0. The van der Waals surface area contributed by atoms with Gasteiger partial charge >= 0.3 is 5.97 Å². The second kappa shape index (κ2) is 4.29. The number of carboxylic acids is 1. The minimum atomic E-state index is -1.04. The Kier molecular flexibility index (Phi) is 2.85. The van der Waals surface area contributed by atoms with Gasteiger partial charge in [-0.25, -0.2) is 9.78 Å². The van der Waals surface area contributed by atoms with E-state index in [1.165, 1.54) is 25.5 Å². The highest BCUT2D eigenvalue weighted by Gasteiger charge is 2.19. The topological polar surface area (TPSA) is 59.4 Å². The molecular weight excluding hydrogens is 194 g/mol. The molecule has 0 unspecified atom stereocenters. The highest BCUT2D eigenvalue weighted by molar-refractivity contribution is 5.88. The molecule has 1 aliphatic rings. The zero-order valence-electron chi connectivity index (χ0n) is 8.35. The maximum Gasteiger partial charge on any atom is 0.358 e. The number of carboxylic acid groups (broad SMARTS) is 1. The van der Waals surface area contributed by atoms with Crippen LogP contribution in [0.4, 0.5) is 0 Å². The van der Waals surface area contributed by atoms with Crippen LogP contribution in [0.1, 0.15) is 29.8 Å². The first-order valence-corrected chi connectivity index (χ1v) is 5.08. The quantitative estimate of drug-likeness (QED) is 0.819. The third-order valence-corrected chi connectivity index (χ3v) is 2.67. The predicted octanol–water partition coefficient (Wildman–Crippen LogP) is 1.96. The Balaban J connectivity index is 2.02. The molecule has 0 aliphatic heterocycles. The minimum absolute atomic E-state index is 0.00294. The van der Waals surface area contributed by atoms with E-state index < -0.39 is 5.97 Å². The lowest BCUT2D eigenvalue weighted by atomic mass is 9.86. The SMILES string of the molecule is O=C(O)c1ncccc1OCC1CCC1. The molecule has 0 amide bonds. The van der Waals surface area contributed by atoms with E-state index in [-0.39, 0.29) is 5.69 Å². The zero-order chi connectivity index (χ0) is 10.7. The molecule has 2 rings (SSSR count). The van der Waals surface area contributed by atoms with Gasteiger partial charge in [0.25, 0.3) is 0 Å². The van der Waals surface area contributed by atoms with Crippen LogP contribution in [-0.2, 0) is 0 Å². The van der Waals surface area contributed by atoms with Crippen molar-refractivity contribution in [2.24, 2.45) is 5.92 Å². The lowest BCUT2D eigenvalue weighted by Crippen LogP contribution is -2.20. The van der Waals surface area contributed by atoms with Crippen molar-refractivity contribution in [2.75, 3.05) is 6.61 Å². The Hall–Kier alpha value is -1.58. The molecule has 1 aromatic heterocycles. The van der Waals surface area contributed by atoms with Gasteiger partial charge in [-0.15, -0.1) is 0 Å². The molecule has 4 heteroatoms. The number of rotatable bonds is 4. The van der Waals surface area contributed by atoms with Gasteiger partial charge < -0.3 is 9.84 Å². The van der Waals surface area contributed by atoms with Gasteiger partial charge in [0.05, 0.1) is 6.61 Å². The van der Waals surface area contributed by atoms with E-state index in [2.05, 4.69) is 4.98 Å². The van der Waals surface area contributed by atoms with E-state index in [1.54, 1.807) is 12.1 Å². The van der Waals surface area contributed by atoms with E-state index in [0.717, 1.165) is 0 Å². The lowest BCUT2D eigenvalue weighted by molar-refractivity contribution is 0.0682. The van der Waals surface area contributed by atoms with Crippen molar-refractivity contribution in [1.29, 1.82) is 0 Å². The standard InChI is InChI=1S/C11H13NO3/c13-11(14)10-9(5-2-6-12-10)15-7-8-3-1-4-8/h2,5-6,8H,1,3-4,7H2,(H,13,14). The van der Waals surface area contributed by atoms with E-state index in [0.29, 0.717) is 18.3 Å². The summed E-state index contributed by atoms with van der Waals surface area (Å²) in [4.78, 5) is 14.6. The summed E-state index contributed by atoms with van der Waals surface area (Å²) in [6.45, 7) is 0.603. The maximum absolute atomic E-state index is 10.8. The summed E-state index contributed by atoms with van der Waals surface area (Å²) in [6.07, 6.45) is 5.08. The Bertz CT molecular complexity index is 361. The predicted molar refractivity (Wildman–Crippen MR) is 54.0 cm³/mol. The molecule has 0 bridgehead atoms. The van der Waals surface area contributed by atoms with E-state index in [4.69, 9.17) is 9.84 Å². The summed E-state index contributed by atoms with van der Waals surface area (Å²) < 4.78 is 5.46. The van der Waals surface area contributed by atoms with Crippen LogP contribution in [0.25, 0.3) is 0 Å². The van der Waals surface area contributed by atoms with Gasteiger partial charge in [0, 0.05) is 6.20 Å². The number of carbonyl (C=O) groups is 1. The van der Waals surface area contributed by atoms with Crippen molar-refractivity contribution < 1.29 is 14.6 Å². The number of hydrogen-bond acceptors (Lipinski definition) is 3. The molecule has 1 heterocycles. The zero-order valence-corrected chi connectivity index (χ0v) is 8.35. The van der Waals surface area contributed by atoms with Crippen molar-refractivity contribution >= 4 is 5.97 Å². The van der Waals surface area contributed by atoms with Crippen molar-refractivity contribution in [1.82, 2.24) is 4.98 Å². The van der Waals surface area contributed by atoms with Crippen LogP contribution < -0.4 is 4.74 Å². The van der Waals surface area contributed by atoms with E-state index in [1.807, 2.05) is 0 Å². The van der Waals surface area contributed by atoms with Gasteiger partial charge in [-0.1, -0.05) is 6.42 Å². The number of aromatic carboxylic acids is 1. The van der Waals surface area contributed by atoms with Gasteiger partial charge in [-0.2, -0.15) is 0 Å². The average molecular weight is 207 g/mol. The maximum atomic E-state index is 10.8. The highest BCUT2D eigenvalue weighted by atomic mass is 16.5. The van der Waals surface area contributed by atoms with Gasteiger partial charge in [0.1, 0.15) is 0 Å². The summed E-state index contributed by atoms with van der Waals surface area (Å²) in [7, 11) is 0. The molecule has 0 spiro atoms. The van der Waals surface area contributed by atoms with Crippen LogP contribution in [0.5, 0.6) is 5.75 Å². The van der Waals surface area contributed by atoms with E-state index >= 15 is 0 Å². The average Bonchev–Trinajstić information content (AvgIpc) is 2.16. The number of pyridine rings is 1. The Morgan fingerprint density at radius 2 is 2.40 bits per heavy atom. The third kappa shape index (κ3) is 2.26. The van der Waals surface area contributed by atoms with Gasteiger partial charge in [0.2, 0.25) is 0 Å². The fourth-order valence-corrected chi connectivity index (χ4v) is 1.53. The Morgan fingerprint density at radius 1 is 1.60 bits per heavy atom. The largest absolute Gasteiger partial charge is 0.491 e. The van der Waals surface area contributed by atoms with Gasteiger partial charge in [0.15, 0.2) is 11.4 Å². The molecule has 1 fully saturated rings. The van der Waals surface area contributed by atoms with Crippen molar-refractivity contribution in [3.63, 3.8) is 0 Å². The van der Waals surface area contributed by atoms with Crippen molar-refractivity contribution in [3.8, 4) is 5.75 Å². The van der Waals surface area contributed by atoms with Gasteiger partial charge in [-0.3, -0.25) is 0 Å². The molecule has 15 heavy (non-hydrogen) atoms. The summed E-state index contributed by atoms with van der Waals surface area (Å²) in [5, 5.41) is 8.86. The second-order valence-corrected chi connectivity index (χ2v) is 3.76. The highest BCUT2D eigenvalue weighted by Crippen LogP contribution is 2.27. The summed E-state index contributed by atoms with van der Waals surface area (Å²) in [5.74, 6) is -0.0806. The molecule has 80 valence electrons. The van der Waals surface area contributed by atoms with E-state index in [9.17, 15) is 4.79 Å². The van der Waals surface area contributed by atoms with Crippen LogP contribution in [0.2, 0.25) is 0 Å². The summed E-state index contributed by atoms with van der Waals surface area (Å²) in [5.41, 5.74) is -0.00294. The third-order valence-electron chi connectivity index (χ3n) is 2.67. The fraction of sp³-hybridized carbons (Fsp3) is 0.455. The molecule has 0 aromatic carbocycles. The number of nitrogens with zero attached hydrogens (tertiary/aromatic N) is 1. The minimum Gasteiger partial charge on any atom is -0.491 e. The van der Waals surface area contributed by atoms with Crippen LogP contribution in [0, 0.1) is 5.92 Å². The number of aromatic nitrogens is 1. The normalized spacial score (nSPS) is 15.7. The summed E-state index contributed by atoms with van der Waals surface area (Å²) in [6, 6.07) is 3.33. The first kappa shape index (κ1) is 9.96. The molecule has 4 nitrogen and oxygen atoms in total. The van der Waals surface area contributed by atoms with Crippen LogP contribution in [0.3, 0.4) is 0 Å². The molecule has 1 N–H and O–H groups in total. The smallest absolute Gasteiger partial charge is 0.358 e. The lowest BCUT2D eigenvalue weighted by Gasteiger charge is -2.25.